The number of aromatic nitrogens is 15. The standard InChI is InChI=1S/C26H34N8O2.C26H32N8O.C21H26N8O/c1-25(2)12-18(13-26(3,4)32-25)33(5)24-28-14-21(29-30-24)19-7-6-16(11-22(19)36)20-10-17(15-35)23-27-8-9-34(23)31-20;1-16-11-20(31-34-10-9-27-23(16)34)17-7-8-19(22(35)12-17)21-15-28-24(30-29-21)33(6)18-13-25(2,3)32-26(4,5)14-18;1-20(2)8-14(9-21(3,4)29-20)25-19-23-11-17(27-28-19)15-6-5-13(7-18(15)30)16-10-22-12-24-26-16/h6-11,14,18,23,27,32,35-36H,12-13,15H2,1-5H3;7-12,15,18,32,35H,13-14H2,1-6H3;5-7,10-12,14,29-30H,8-9H2,1-4H3,(H,23,25,28). The summed E-state index contributed by atoms with van der Waals surface area (Å²) in [5, 5.41) is 104. The Kier molecular flexibility index (Phi) is 19.3. The first kappa shape index (κ1) is 70.6. The minimum atomic E-state index is -0.174. The van der Waals surface area contributed by atoms with E-state index >= 15 is 0 Å². The van der Waals surface area contributed by atoms with E-state index < -0.39 is 0 Å². The van der Waals surface area contributed by atoms with Crippen LogP contribution in [0.5, 0.6) is 17.2 Å². The molecule has 0 radical (unpaired) electrons. The number of aryl methyl sites for hydroxylation is 1. The number of allylic oxidation sites excluding steroid dienone is 1. The van der Waals surface area contributed by atoms with Crippen molar-refractivity contribution in [2.24, 2.45) is 5.10 Å². The quantitative estimate of drug-likeness (QED) is 0.0519. The van der Waals surface area contributed by atoms with E-state index in [9.17, 15) is 20.4 Å². The minimum absolute atomic E-state index is 0.0137. The van der Waals surface area contributed by atoms with Gasteiger partial charge in [0.15, 0.2) is 5.65 Å². The van der Waals surface area contributed by atoms with E-state index in [4.69, 9.17) is 0 Å². The van der Waals surface area contributed by atoms with Crippen LogP contribution in [0.4, 0.5) is 17.8 Å². The van der Waals surface area contributed by atoms with Gasteiger partial charge in [0, 0.05) is 129 Å². The van der Waals surface area contributed by atoms with Gasteiger partial charge in [0.25, 0.3) is 0 Å². The summed E-state index contributed by atoms with van der Waals surface area (Å²) >= 11 is 0. The van der Waals surface area contributed by atoms with Crippen molar-refractivity contribution in [3.8, 4) is 73.5 Å². The molecule has 5 aliphatic rings. The van der Waals surface area contributed by atoms with Gasteiger partial charge in [-0.2, -0.15) is 10.2 Å². The molecule has 0 amide bonds. The molecule has 6 aromatic heterocycles. The zero-order chi connectivity index (χ0) is 72.0. The van der Waals surface area contributed by atoms with Crippen LogP contribution in [0.1, 0.15) is 133 Å². The third-order valence-corrected chi connectivity index (χ3v) is 18.8. The van der Waals surface area contributed by atoms with Crippen molar-refractivity contribution >= 4 is 29.2 Å². The van der Waals surface area contributed by atoms with Gasteiger partial charge in [-0.3, -0.25) is 0 Å². The van der Waals surface area contributed by atoms with E-state index in [0.717, 1.165) is 72.1 Å². The zero-order valence-electron chi connectivity index (χ0n) is 60.1. The number of phenols is 3. The van der Waals surface area contributed by atoms with Gasteiger partial charge in [0.2, 0.25) is 17.8 Å². The monoisotopic (exact) mass is 1370 g/mol. The van der Waals surface area contributed by atoms with E-state index in [0.29, 0.717) is 74.6 Å². The molecule has 3 saturated heterocycles. The molecule has 11 heterocycles. The number of aliphatic hydroxyl groups is 1. The summed E-state index contributed by atoms with van der Waals surface area (Å²) in [5.74, 6) is 1.86. The molecule has 3 aromatic carbocycles. The number of benzene rings is 3. The third kappa shape index (κ3) is 16.5. The smallest absolute Gasteiger partial charge is 0.245 e. The van der Waals surface area contributed by atoms with Gasteiger partial charge in [-0.25, -0.2) is 34.4 Å². The molecule has 5 aliphatic heterocycles. The number of imidazole rings is 1. The van der Waals surface area contributed by atoms with Crippen LogP contribution < -0.4 is 36.4 Å². The van der Waals surface area contributed by atoms with Crippen LogP contribution in [0.25, 0.3) is 61.9 Å². The van der Waals surface area contributed by atoms with Crippen molar-refractivity contribution in [1.82, 2.24) is 102 Å². The molecule has 9 aromatic rings. The Morgan fingerprint density at radius 1 is 0.545 bits per heavy atom. The molecule has 28 heteroatoms. The summed E-state index contributed by atoms with van der Waals surface area (Å²) in [5.41, 5.74) is 10.2. The Hall–Kier alpha value is -10.3. The molecular weight excluding hydrogens is 1280 g/mol. The van der Waals surface area contributed by atoms with E-state index in [1.807, 2.05) is 69.8 Å². The average molecular weight is 1370 g/mol. The maximum Gasteiger partial charge on any atom is 0.245 e. The molecule has 1 atom stereocenters. The van der Waals surface area contributed by atoms with Crippen molar-refractivity contribution in [2.45, 2.75) is 186 Å². The Labute approximate surface area is 588 Å². The van der Waals surface area contributed by atoms with Crippen LogP contribution >= 0.6 is 0 Å². The highest BCUT2D eigenvalue weighted by Gasteiger charge is 2.42. The fourth-order valence-corrected chi connectivity index (χ4v) is 15.3. The van der Waals surface area contributed by atoms with Gasteiger partial charge in [-0.15, -0.1) is 40.8 Å². The van der Waals surface area contributed by atoms with Crippen LogP contribution in [-0.2, 0) is 0 Å². The Morgan fingerprint density at radius 2 is 1.03 bits per heavy atom. The third-order valence-electron chi connectivity index (χ3n) is 18.8. The van der Waals surface area contributed by atoms with E-state index in [1.54, 1.807) is 77.0 Å². The molecule has 101 heavy (non-hydrogen) atoms. The second kappa shape index (κ2) is 27.7. The lowest BCUT2D eigenvalue weighted by atomic mass is 9.79. The van der Waals surface area contributed by atoms with Crippen LogP contribution in [0.2, 0.25) is 0 Å². The van der Waals surface area contributed by atoms with E-state index in [2.05, 4.69) is 195 Å². The van der Waals surface area contributed by atoms with Crippen LogP contribution in [0.3, 0.4) is 0 Å². The molecule has 0 saturated carbocycles. The summed E-state index contributed by atoms with van der Waals surface area (Å²) in [6.07, 6.45) is 22.5. The summed E-state index contributed by atoms with van der Waals surface area (Å²) in [6.45, 7) is 28.5. The number of phenolic OH excluding ortho intramolecular Hbond substituents is 3. The lowest BCUT2D eigenvalue weighted by Crippen LogP contribution is -2.62. The lowest BCUT2D eigenvalue weighted by molar-refractivity contribution is 0.160. The number of hydrogen-bond donors (Lipinski definition) is 9. The van der Waals surface area contributed by atoms with Gasteiger partial charge in [-0.05, 0) is 183 Å². The highest BCUT2D eigenvalue weighted by atomic mass is 16.3. The Morgan fingerprint density at radius 3 is 1.50 bits per heavy atom. The molecule has 528 valence electrons. The molecular formula is C73H92N24O4. The first-order valence-electron chi connectivity index (χ1n) is 34.0. The van der Waals surface area contributed by atoms with Gasteiger partial charge < -0.3 is 56.8 Å². The maximum atomic E-state index is 10.8. The number of nitrogens with zero attached hydrogens (tertiary/aromatic N) is 19. The first-order chi connectivity index (χ1) is 47.8. The second-order valence-corrected chi connectivity index (χ2v) is 31.0. The first-order valence-corrected chi connectivity index (χ1v) is 34.0. The van der Waals surface area contributed by atoms with E-state index in [-0.39, 0.29) is 75.3 Å². The van der Waals surface area contributed by atoms with Gasteiger partial charge in [0.05, 0.1) is 42.8 Å². The predicted octanol–water partition coefficient (Wildman–Crippen LogP) is 9.15. The largest absolute Gasteiger partial charge is 0.507 e. The number of hydrogen-bond acceptors (Lipinski definition) is 27. The van der Waals surface area contributed by atoms with Crippen molar-refractivity contribution in [3.63, 3.8) is 0 Å². The summed E-state index contributed by atoms with van der Waals surface area (Å²) in [4.78, 5) is 26.1. The zero-order valence-corrected chi connectivity index (χ0v) is 60.1. The molecule has 0 bridgehead atoms. The fourth-order valence-electron chi connectivity index (χ4n) is 15.3. The number of rotatable bonds is 13. The highest BCUT2D eigenvalue weighted by Crippen LogP contribution is 2.39. The molecule has 0 aliphatic carbocycles. The number of aliphatic hydroxyl groups excluding tert-OH is 1. The van der Waals surface area contributed by atoms with Crippen LogP contribution in [-0.4, -0.2) is 185 Å². The molecule has 28 nitrogen and oxygen atoms in total. The second-order valence-electron chi connectivity index (χ2n) is 31.0. The number of fused-ring (bicyclic) bond motifs is 2. The molecule has 14 rings (SSSR count). The Balaban J connectivity index is 0.000000144. The number of anilines is 3. The van der Waals surface area contributed by atoms with Crippen LogP contribution in [0, 0.1) is 6.92 Å². The topological polar surface area (TPSA) is 348 Å². The average Bonchev–Trinajstić information content (AvgIpc) is 1.27. The normalized spacial score (nSPS) is 19.5. The van der Waals surface area contributed by atoms with Crippen LogP contribution in [0.15, 0.2) is 133 Å². The molecule has 3 fully saturated rings. The predicted molar refractivity (Wildman–Crippen MR) is 389 cm³/mol. The van der Waals surface area contributed by atoms with E-state index in [1.165, 1.54) is 6.33 Å². The number of piperidine rings is 3. The van der Waals surface area contributed by atoms with Gasteiger partial charge in [0.1, 0.15) is 52.5 Å². The lowest BCUT2D eigenvalue weighted by Gasteiger charge is -2.48. The maximum absolute atomic E-state index is 10.8. The summed E-state index contributed by atoms with van der Waals surface area (Å²) < 4.78 is 1.74. The minimum Gasteiger partial charge on any atom is -0.507 e. The van der Waals surface area contributed by atoms with Crippen molar-refractivity contribution in [3.05, 3.63) is 139 Å². The number of nitrogens with one attached hydrogen (secondary N) is 5. The Bertz CT molecular complexity index is 4490. The molecule has 9 N–H and O–H groups in total. The number of aromatic hydroxyl groups is 3. The molecule has 0 spiro atoms. The summed E-state index contributed by atoms with van der Waals surface area (Å²) in [7, 11) is 4.04. The van der Waals surface area contributed by atoms with Crippen molar-refractivity contribution < 1.29 is 20.4 Å². The number of hydrazone groups is 1. The SMILES string of the molecule is CC1(C)CC(Nc2ncc(-c3ccc(-c4cncnn4)cc3O)nn2)CC(C)(C)N1.CN(c1ncc(-c2ccc(C3=NN4C=CNC4C(CO)=C3)cc2O)nn1)C1CC(C)(C)NC(C)(C)C1.Cc1cc(-c2ccc(-c3cnc(N(C)C4CC(C)(C)NC(C)(C)C4)nn3)c(O)c2)nn2ccnc12. The van der Waals surface area contributed by atoms with Gasteiger partial charge >= 0.3 is 0 Å². The van der Waals surface area contributed by atoms with Gasteiger partial charge in [-0.1, -0.05) is 18.2 Å². The highest BCUT2D eigenvalue weighted by molar-refractivity contribution is 6.10. The summed E-state index contributed by atoms with van der Waals surface area (Å²) in [6, 6.07) is 18.7. The van der Waals surface area contributed by atoms with Crippen molar-refractivity contribution in [2.75, 3.05) is 35.8 Å². The van der Waals surface area contributed by atoms with Crippen molar-refractivity contribution in [1.29, 1.82) is 0 Å². The fraction of sp³-hybridized carbons (Fsp3) is 0.438. The molecule has 1 unspecified atom stereocenters.